The lowest BCUT2D eigenvalue weighted by atomic mass is 10.2. The zero-order valence-electron chi connectivity index (χ0n) is 6.48. The standard InChI is InChI=1S/C8H6N2O3/c11-5-4-2-1-3-9-7(4)10-8(13)6(5)12/h1-3,12H,(H2,9,10,11,13). The second-order valence-electron chi connectivity index (χ2n) is 2.55. The molecule has 2 aromatic heterocycles. The molecule has 0 radical (unpaired) electrons. The lowest BCUT2D eigenvalue weighted by molar-refractivity contribution is 0.402. The number of H-pyrrole nitrogens is 1. The number of fused-ring (bicyclic) bond motifs is 1. The van der Waals surface area contributed by atoms with Gasteiger partial charge < -0.3 is 15.2 Å². The van der Waals surface area contributed by atoms with Crippen molar-refractivity contribution in [1.29, 1.82) is 0 Å². The molecule has 5 heteroatoms. The monoisotopic (exact) mass is 178 g/mol. The van der Waals surface area contributed by atoms with E-state index in [1.165, 1.54) is 6.20 Å². The van der Waals surface area contributed by atoms with Gasteiger partial charge in [-0.1, -0.05) is 0 Å². The van der Waals surface area contributed by atoms with Crippen molar-refractivity contribution in [3.05, 3.63) is 28.7 Å². The smallest absolute Gasteiger partial charge is 0.295 e. The number of aromatic hydroxyl groups is 2. The van der Waals surface area contributed by atoms with Crippen molar-refractivity contribution in [3.63, 3.8) is 0 Å². The van der Waals surface area contributed by atoms with Crippen molar-refractivity contribution in [2.45, 2.75) is 0 Å². The molecule has 0 atom stereocenters. The Labute approximate surface area is 72.3 Å². The van der Waals surface area contributed by atoms with E-state index in [4.69, 9.17) is 5.11 Å². The largest absolute Gasteiger partial charge is 0.504 e. The Morgan fingerprint density at radius 1 is 1.31 bits per heavy atom. The van der Waals surface area contributed by atoms with Crippen LogP contribution in [0.3, 0.4) is 0 Å². The normalized spacial score (nSPS) is 10.5. The molecule has 0 fully saturated rings. The first-order valence-electron chi connectivity index (χ1n) is 3.59. The van der Waals surface area contributed by atoms with E-state index in [1.807, 2.05) is 0 Å². The quantitative estimate of drug-likeness (QED) is 0.542. The van der Waals surface area contributed by atoms with Gasteiger partial charge in [0.05, 0.1) is 5.39 Å². The average Bonchev–Trinajstić information content (AvgIpc) is 2.15. The number of rotatable bonds is 0. The van der Waals surface area contributed by atoms with Gasteiger partial charge in [0.1, 0.15) is 5.65 Å². The third-order valence-corrected chi connectivity index (χ3v) is 1.73. The van der Waals surface area contributed by atoms with Gasteiger partial charge in [-0.2, -0.15) is 0 Å². The Morgan fingerprint density at radius 3 is 2.85 bits per heavy atom. The minimum absolute atomic E-state index is 0.253. The molecule has 3 N–H and O–H groups in total. The van der Waals surface area contributed by atoms with Crippen LogP contribution in [0.4, 0.5) is 0 Å². The van der Waals surface area contributed by atoms with Gasteiger partial charge in [-0.3, -0.25) is 4.79 Å². The van der Waals surface area contributed by atoms with E-state index in [-0.39, 0.29) is 5.65 Å². The molecule has 13 heavy (non-hydrogen) atoms. The number of pyridine rings is 2. The lowest BCUT2D eigenvalue weighted by Gasteiger charge is -2.00. The molecule has 0 saturated carbocycles. The second kappa shape index (κ2) is 2.48. The Balaban J connectivity index is 3.02. The number of hydrogen-bond acceptors (Lipinski definition) is 4. The third-order valence-electron chi connectivity index (χ3n) is 1.73. The third kappa shape index (κ3) is 1.01. The summed E-state index contributed by atoms with van der Waals surface area (Å²) in [4.78, 5) is 17.1. The van der Waals surface area contributed by atoms with Crippen molar-refractivity contribution < 1.29 is 10.2 Å². The summed E-state index contributed by atoms with van der Waals surface area (Å²) >= 11 is 0. The van der Waals surface area contributed by atoms with Crippen LogP contribution >= 0.6 is 0 Å². The topological polar surface area (TPSA) is 86.2 Å². The second-order valence-corrected chi connectivity index (χ2v) is 2.55. The lowest BCUT2D eigenvalue weighted by Crippen LogP contribution is -2.05. The van der Waals surface area contributed by atoms with E-state index >= 15 is 0 Å². The molecule has 0 aliphatic heterocycles. The number of nitrogens with zero attached hydrogens (tertiary/aromatic N) is 1. The molecule has 0 aliphatic carbocycles. The predicted octanol–water partition coefficient (Wildman–Crippen LogP) is 0.334. The maximum atomic E-state index is 10.9. The van der Waals surface area contributed by atoms with Crippen LogP contribution in [0.2, 0.25) is 0 Å². The van der Waals surface area contributed by atoms with Crippen LogP contribution in [0.25, 0.3) is 11.0 Å². The van der Waals surface area contributed by atoms with Gasteiger partial charge in [0.2, 0.25) is 5.75 Å². The first kappa shape index (κ1) is 7.60. The van der Waals surface area contributed by atoms with Gasteiger partial charge in [-0.15, -0.1) is 0 Å². The van der Waals surface area contributed by atoms with E-state index in [2.05, 4.69) is 9.97 Å². The minimum Gasteiger partial charge on any atom is -0.504 e. The Hall–Kier alpha value is -2.04. The zero-order chi connectivity index (χ0) is 9.42. The molecule has 0 unspecified atom stereocenters. The number of hydrogen-bond donors (Lipinski definition) is 3. The van der Waals surface area contributed by atoms with Gasteiger partial charge in [0, 0.05) is 6.20 Å². The Kier molecular flexibility index (Phi) is 1.45. The maximum absolute atomic E-state index is 10.9. The molecule has 0 saturated heterocycles. The van der Waals surface area contributed by atoms with Crippen LogP contribution in [0.15, 0.2) is 23.1 Å². The summed E-state index contributed by atoms with van der Waals surface area (Å²) in [6.45, 7) is 0. The molecule has 2 heterocycles. The van der Waals surface area contributed by atoms with Crippen molar-refractivity contribution in [3.8, 4) is 11.5 Å². The van der Waals surface area contributed by atoms with Crippen molar-refractivity contribution in [1.82, 2.24) is 9.97 Å². The highest BCUT2D eigenvalue weighted by Gasteiger charge is 2.09. The van der Waals surface area contributed by atoms with Crippen LogP contribution < -0.4 is 5.56 Å². The predicted molar refractivity (Wildman–Crippen MR) is 45.7 cm³/mol. The van der Waals surface area contributed by atoms with E-state index in [0.717, 1.165) is 0 Å². The summed E-state index contributed by atoms with van der Waals surface area (Å²) in [6, 6.07) is 3.15. The molecule has 66 valence electrons. The molecule has 2 rings (SSSR count). The van der Waals surface area contributed by atoms with Crippen molar-refractivity contribution in [2.24, 2.45) is 0 Å². The summed E-state index contributed by atoms with van der Waals surface area (Å²) < 4.78 is 0. The van der Waals surface area contributed by atoms with E-state index in [9.17, 15) is 9.90 Å². The fourth-order valence-electron chi connectivity index (χ4n) is 1.10. The van der Waals surface area contributed by atoms with Crippen LogP contribution in [0, 0.1) is 0 Å². The fraction of sp³-hybridized carbons (Fsp3) is 0. The molecule has 5 nitrogen and oxygen atoms in total. The molecular formula is C8H6N2O3. The highest BCUT2D eigenvalue weighted by molar-refractivity contribution is 5.83. The van der Waals surface area contributed by atoms with Gasteiger partial charge in [0.15, 0.2) is 5.75 Å². The zero-order valence-corrected chi connectivity index (χ0v) is 6.48. The molecular weight excluding hydrogens is 172 g/mol. The summed E-state index contributed by atoms with van der Waals surface area (Å²) in [6.07, 6.45) is 1.48. The highest BCUT2D eigenvalue weighted by atomic mass is 16.3. The number of aromatic amines is 1. The summed E-state index contributed by atoms with van der Waals surface area (Å²) in [5.74, 6) is -1.12. The molecule has 0 aliphatic rings. The minimum atomic E-state index is -0.747. The maximum Gasteiger partial charge on any atom is 0.295 e. The fourth-order valence-corrected chi connectivity index (χ4v) is 1.10. The van der Waals surface area contributed by atoms with Gasteiger partial charge in [0.25, 0.3) is 5.56 Å². The first-order chi connectivity index (χ1) is 6.20. The van der Waals surface area contributed by atoms with Crippen LogP contribution in [0.5, 0.6) is 11.5 Å². The van der Waals surface area contributed by atoms with E-state index in [0.29, 0.717) is 5.39 Å². The Bertz CT molecular complexity index is 518. The molecule has 2 aromatic rings. The number of aromatic nitrogens is 2. The summed E-state index contributed by atoms with van der Waals surface area (Å²) in [5, 5.41) is 18.7. The van der Waals surface area contributed by atoms with Crippen molar-refractivity contribution >= 4 is 11.0 Å². The molecule has 0 aromatic carbocycles. The van der Waals surface area contributed by atoms with Crippen molar-refractivity contribution in [2.75, 3.05) is 0 Å². The molecule has 0 spiro atoms. The average molecular weight is 178 g/mol. The van der Waals surface area contributed by atoms with E-state index in [1.54, 1.807) is 12.1 Å². The highest BCUT2D eigenvalue weighted by Crippen LogP contribution is 2.26. The van der Waals surface area contributed by atoms with Crippen LogP contribution in [-0.2, 0) is 0 Å². The summed E-state index contributed by atoms with van der Waals surface area (Å²) in [5.41, 5.74) is -0.494. The summed E-state index contributed by atoms with van der Waals surface area (Å²) in [7, 11) is 0. The Morgan fingerprint density at radius 2 is 2.08 bits per heavy atom. The number of nitrogens with one attached hydrogen (secondary N) is 1. The van der Waals surface area contributed by atoms with Crippen LogP contribution in [0.1, 0.15) is 0 Å². The van der Waals surface area contributed by atoms with E-state index < -0.39 is 17.1 Å². The SMILES string of the molecule is O=c1[nH]c2ncccc2c(O)c1O. The van der Waals surface area contributed by atoms with Gasteiger partial charge in [-0.25, -0.2) is 4.98 Å². The first-order valence-corrected chi connectivity index (χ1v) is 3.59. The van der Waals surface area contributed by atoms with Crippen LogP contribution in [-0.4, -0.2) is 20.2 Å². The molecule has 0 amide bonds. The van der Waals surface area contributed by atoms with Gasteiger partial charge >= 0.3 is 0 Å². The van der Waals surface area contributed by atoms with Gasteiger partial charge in [-0.05, 0) is 12.1 Å². The molecule has 0 bridgehead atoms.